The molecule has 0 heterocycles. The van der Waals surface area contributed by atoms with Gasteiger partial charge in [0.1, 0.15) is 0 Å². The molecule has 0 saturated carbocycles. The lowest BCUT2D eigenvalue weighted by Crippen LogP contribution is -1.97. The van der Waals surface area contributed by atoms with E-state index >= 15 is 0 Å². The summed E-state index contributed by atoms with van der Waals surface area (Å²) in [5, 5.41) is 0. The van der Waals surface area contributed by atoms with Crippen LogP contribution in [0, 0.1) is 0 Å². The summed E-state index contributed by atoms with van der Waals surface area (Å²) in [6.45, 7) is 6.29. The van der Waals surface area contributed by atoms with Crippen molar-refractivity contribution in [3.8, 4) is 0 Å². The zero-order chi connectivity index (χ0) is 9.40. The minimum absolute atomic E-state index is 1.02. The van der Waals surface area contributed by atoms with Gasteiger partial charge in [0.2, 0.25) is 0 Å². The molecule has 0 unspecified atom stereocenters. The van der Waals surface area contributed by atoms with E-state index in [0.717, 1.165) is 12.8 Å². The summed E-state index contributed by atoms with van der Waals surface area (Å²) in [4.78, 5) is 4.21. The fourth-order valence-electron chi connectivity index (χ4n) is 1.11. The topological polar surface area (TPSA) is 12.4 Å². The van der Waals surface area contributed by atoms with Crippen LogP contribution in [0.3, 0.4) is 0 Å². The summed E-state index contributed by atoms with van der Waals surface area (Å²) in [7, 11) is 1.85. The van der Waals surface area contributed by atoms with Crippen molar-refractivity contribution in [3.63, 3.8) is 0 Å². The lowest BCUT2D eigenvalue weighted by Gasteiger charge is -2.01. The van der Waals surface area contributed by atoms with Gasteiger partial charge < -0.3 is 0 Å². The molecule has 0 saturated heterocycles. The Hall–Kier alpha value is -0.850. The number of rotatable bonds is 4. The zero-order valence-corrected chi connectivity index (χ0v) is 8.59. The van der Waals surface area contributed by atoms with Crippen LogP contribution in [-0.4, -0.2) is 12.8 Å². The van der Waals surface area contributed by atoms with Crippen LogP contribution in [0.15, 0.2) is 28.8 Å². The van der Waals surface area contributed by atoms with Crippen molar-refractivity contribution < 1.29 is 0 Å². The standard InChI is InChI=1S/C11H19N/c1-5-7-8-9-10(3)11(6-2)12-4/h5,7,9H,6,8H2,1-4H3/b7-5?,10-9-,12-11?. The number of hydrogen-bond donors (Lipinski definition) is 0. The van der Waals surface area contributed by atoms with E-state index in [2.05, 4.69) is 37.1 Å². The molecular weight excluding hydrogens is 146 g/mol. The summed E-state index contributed by atoms with van der Waals surface area (Å²) in [5.74, 6) is 0. The lowest BCUT2D eigenvalue weighted by atomic mass is 10.1. The van der Waals surface area contributed by atoms with Crippen LogP contribution in [0.5, 0.6) is 0 Å². The number of hydrogen-bond acceptors (Lipinski definition) is 1. The normalized spacial score (nSPS) is 14.3. The quantitative estimate of drug-likeness (QED) is 0.447. The second-order valence-electron chi connectivity index (χ2n) is 2.72. The Morgan fingerprint density at radius 1 is 1.42 bits per heavy atom. The Morgan fingerprint density at radius 3 is 2.50 bits per heavy atom. The molecule has 0 aliphatic rings. The maximum Gasteiger partial charge on any atom is 0.0368 e. The minimum atomic E-state index is 1.02. The minimum Gasteiger partial charge on any atom is -0.293 e. The van der Waals surface area contributed by atoms with Crippen molar-refractivity contribution in [3.05, 3.63) is 23.8 Å². The summed E-state index contributed by atoms with van der Waals surface area (Å²) >= 11 is 0. The Labute approximate surface area is 75.9 Å². The predicted octanol–water partition coefficient (Wildman–Crippen LogP) is 3.38. The molecule has 12 heavy (non-hydrogen) atoms. The number of aliphatic imine (C=N–C) groups is 1. The molecule has 0 aliphatic carbocycles. The highest BCUT2D eigenvalue weighted by molar-refractivity contribution is 5.99. The maximum atomic E-state index is 4.21. The first-order valence-corrected chi connectivity index (χ1v) is 4.50. The molecule has 0 aliphatic heterocycles. The molecule has 0 bridgehead atoms. The molecular formula is C11H19N. The van der Waals surface area contributed by atoms with Crippen LogP contribution >= 0.6 is 0 Å². The fraction of sp³-hybridized carbons (Fsp3) is 0.545. The van der Waals surface area contributed by atoms with Crippen LogP contribution in [0.1, 0.15) is 33.6 Å². The molecule has 0 aromatic heterocycles. The van der Waals surface area contributed by atoms with E-state index in [1.165, 1.54) is 11.3 Å². The molecule has 0 spiro atoms. The number of nitrogens with zero attached hydrogens (tertiary/aromatic N) is 1. The van der Waals surface area contributed by atoms with Gasteiger partial charge in [0.15, 0.2) is 0 Å². The average molecular weight is 165 g/mol. The largest absolute Gasteiger partial charge is 0.293 e. The zero-order valence-electron chi connectivity index (χ0n) is 8.59. The molecule has 0 radical (unpaired) electrons. The van der Waals surface area contributed by atoms with Crippen molar-refractivity contribution in [2.24, 2.45) is 4.99 Å². The first kappa shape index (κ1) is 11.2. The monoisotopic (exact) mass is 165 g/mol. The Morgan fingerprint density at radius 2 is 2.08 bits per heavy atom. The van der Waals surface area contributed by atoms with Crippen LogP contribution in [0.2, 0.25) is 0 Å². The van der Waals surface area contributed by atoms with Crippen LogP contribution in [0.25, 0.3) is 0 Å². The van der Waals surface area contributed by atoms with Crippen molar-refractivity contribution >= 4 is 5.71 Å². The van der Waals surface area contributed by atoms with Crippen LogP contribution in [-0.2, 0) is 0 Å². The smallest absolute Gasteiger partial charge is 0.0368 e. The van der Waals surface area contributed by atoms with Gasteiger partial charge in [0.25, 0.3) is 0 Å². The summed E-state index contributed by atoms with van der Waals surface area (Å²) < 4.78 is 0. The Balaban J connectivity index is 4.15. The van der Waals surface area contributed by atoms with Gasteiger partial charge >= 0.3 is 0 Å². The van der Waals surface area contributed by atoms with Gasteiger partial charge in [-0.05, 0) is 32.3 Å². The molecule has 0 aromatic rings. The predicted molar refractivity (Wildman–Crippen MR) is 56.8 cm³/mol. The highest BCUT2D eigenvalue weighted by Gasteiger charge is 1.95. The van der Waals surface area contributed by atoms with E-state index in [9.17, 15) is 0 Å². The fourth-order valence-corrected chi connectivity index (χ4v) is 1.11. The van der Waals surface area contributed by atoms with E-state index in [4.69, 9.17) is 0 Å². The van der Waals surface area contributed by atoms with Gasteiger partial charge in [0, 0.05) is 12.8 Å². The van der Waals surface area contributed by atoms with Crippen molar-refractivity contribution in [2.45, 2.75) is 33.6 Å². The van der Waals surface area contributed by atoms with Crippen molar-refractivity contribution in [1.82, 2.24) is 0 Å². The van der Waals surface area contributed by atoms with E-state index in [1.54, 1.807) is 0 Å². The first-order valence-electron chi connectivity index (χ1n) is 4.50. The molecule has 0 amide bonds. The van der Waals surface area contributed by atoms with E-state index in [1.807, 2.05) is 14.0 Å². The number of allylic oxidation sites excluding steroid dienone is 4. The Kier molecular flexibility index (Phi) is 6.35. The second kappa shape index (κ2) is 6.84. The molecule has 0 fully saturated rings. The van der Waals surface area contributed by atoms with Gasteiger partial charge in [-0.2, -0.15) is 0 Å². The first-order chi connectivity index (χ1) is 5.76. The van der Waals surface area contributed by atoms with Gasteiger partial charge in [-0.3, -0.25) is 4.99 Å². The van der Waals surface area contributed by atoms with Gasteiger partial charge in [-0.15, -0.1) is 0 Å². The van der Waals surface area contributed by atoms with Crippen LogP contribution < -0.4 is 0 Å². The highest BCUT2D eigenvalue weighted by atomic mass is 14.7. The molecule has 0 atom stereocenters. The summed E-state index contributed by atoms with van der Waals surface area (Å²) in [6.07, 6.45) is 8.47. The molecule has 1 heteroatoms. The highest BCUT2D eigenvalue weighted by Crippen LogP contribution is 2.02. The third-order valence-corrected chi connectivity index (χ3v) is 1.86. The average Bonchev–Trinajstić information content (AvgIpc) is 2.07. The summed E-state index contributed by atoms with van der Waals surface area (Å²) in [6, 6.07) is 0. The van der Waals surface area contributed by atoms with Crippen molar-refractivity contribution in [1.29, 1.82) is 0 Å². The van der Waals surface area contributed by atoms with Crippen LogP contribution in [0.4, 0.5) is 0 Å². The third-order valence-electron chi connectivity index (χ3n) is 1.86. The SMILES string of the molecule is CC=CC/C=C(/C)C(CC)=NC. The second-order valence-corrected chi connectivity index (χ2v) is 2.72. The molecule has 0 rings (SSSR count). The van der Waals surface area contributed by atoms with E-state index in [-0.39, 0.29) is 0 Å². The molecule has 68 valence electrons. The summed E-state index contributed by atoms with van der Waals surface area (Å²) in [5.41, 5.74) is 2.51. The Bertz CT molecular complexity index is 197. The van der Waals surface area contributed by atoms with E-state index < -0.39 is 0 Å². The molecule has 1 nitrogen and oxygen atoms in total. The van der Waals surface area contributed by atoms with Gasteiger partial charge in [-0.1, -0.05) is 25.2 Å². The maximum absolute atomic E-state index is 4.21. The van der Waals surface area contributed by atoms with Crippen molar-refractivity contribution in [2.75, 3.05) is 7.05 Å². The van der Waals surface area contributed by atoms with Gasteiger partial charge in [0.05, 0.1) is 0 Å². The molecule has 0 N–H and O–H groups in total. The molecule has 0 aromatic carbocycles. The third kappa shape index (κ3) is 4.12. The lowest BCUT2D eigenvalue weighted by molar-refractivity contribution is 1.21. The van der Waals surface area contributed by atoms with E-state index in [0.29, 0.717) is 0 Å². The van der Waals surface area contributed by atoms with Gasteiger partial charge in [-0.25, -0.2) is 0 Å².